The van der Waals surface area contributed by atoms with Crippen LogP contribution in [0.2, 0.25) is 0 Å². The molecule has 2 aromatic carbocycles. The van der Waals surface area contributed by atoms with Crippen LogP contribution in [-0.2, 0) is 16.5 Å². The number of pyridine rings is 4. The molecule has 14 nitrogen and oxygen atoms in total. The molecular weight excluding hydrogens is 774 g/mol. The molecule has 4 aromatic heterocycles. The Kier molecular flexibility index (Phi) is 20.2. The van der Waals surface area contributed by atoms with E-state index in [-0.39, 0.29) is 16.5 Å². The minimum Gasteiger partial charge on any atom is -0.255 e. The van der Waals surface area contributed by atoms with E-state index in [1.807, 2.05) is 72.8 Å². The third kappa shape index (κ3) is 17.7. The Morgan fingerprint density at radius 3 is 0.925 bits per heavy atom. The van der Waals surface area contributed by atoms with Crippen LogP contribution in [0.15, 0.2) is 134 Å². The largest absolute Gasteiger partial charge is 2.00 e. The molecule has 0 N–H and O–H groups in total. The van der Waals surface area contributed by atoms with Gasteiger partial charge in [0, 0.05) is 37.4 Å². The molecule has 4 heterocycles. The minimum absolute atomic E-state index is 0. The SMILES string of the molecule is CC#N.CC#N.[Ni+2].[O-][Cl+3]([O-])([O-])[O-].[O-][Cl+3]([O-])([O-])[O-].c1ccc(-c2cccc(-c3ccccc3-c3ccccc3-c3cccc(-c4ccccn4)n3)n2)nc1. The average Bonchev–Trinajstić information content (AvgIpc) is 3.12. The van der Waals surface area contributed by atoms with Crippen LogP contribution in [0, 0.1) is 43.1 Å². The predicted octanol–water partition coefficient (Wildman–Crippen LogP) is -0.853. The van der Waals surface area contributed by atoms with E-state index in [9.17, 15) is 0 Å². The van der Waals surface area contributed by atoms with E-state index in [2.05, 4.69) is 58.5 Å². The predicted molar refractivity (Wildman–Crippen MR) is 167 cm³/mol. The Morgan fingerprint density at radius 2 is 0.642 bits per heavy atom. The van der Waals surface area contributed by atoms with Gasteiger partial charge in [-0.15, -0.1) is 20.5 Å². The summed E-state index contributed by atoms with van der Waals surface area (Å²) in [6.45, 7) is 2.86. The van der Waals surface area contributed by atoms with Crippen molar-refractivity contribution in [3.05, 3.63) is 134 Å². The second kappa shape index (κ2) is 23.4. The van der Waals surface area contributed by atoms with Crippen LogP contribution in [0.5, 0.6) is 0 Å². The summed E-state index contributed by atoms with van der Waals surface area (Å²) >= 11 is 0. The fraction of sp³-hybridized carbons (Fsp3) is 0.0556. The van der Waals surface area contributed by atoms with Crippen molar-refractivity contribution in [1.29, 1.82) is 10.5 Å². The standard InChI is InChI=1S/C32H22N4.2C2H3N.2ClHO4.Ni/c1-3-13-25(27-17-9-19-31(35-27)29-15-5-7-21-33-29)23(11-1)24-12-2-4-14-26(24)28-18-10-20-32(36-28)30-16-6-8-22-34-30;2*1-2-3;2*2-1(3,4)5;/h1-22H;2*1H3;2*(H,2,3,4,5);/q;;;;;+2/p-2. The van der Waals surface area contributed by atoms with Crippen molar-refractivity contribution in [3.8, 4) is 68.6 Å². The molecule has 0 unspecified atom stereocenters. The van der Waals surface area contributed by atoms with E-state index in [1.54, 1.807) is 24.5 Å². The van der Waals surface area contributed by atoms with Gasteiger partial charge in [0.15, 0.2) is 0 Å². The molecule has 0 aliphatic carbocycles. The first-order valence-corrected chi connectivity index (χ1v) is 17.0. The van der Waals surface area contributed by atoms with Crippen molar-refractivity contribution >= 4 is 0 Å². The number of hydrogen-bond acceptors (Lipinski definition) is 14. The zero-order valence-corrected chi connectivity index (χ0v) is 30.2. The number of benzene rings is 2. The Hall–Kier alpha value is -5.23. The van der Waals surface area contributed by atoms with Crippen LogP contribution in [0.1, 0.15) is 13.8 Å². The second-order valence-corrected chi connectivity index (χ2v) is 11.1. The van der Waals surface area contributed by atoms with Crippen molar-refractivity contribution in [3.63, 3.8) is 0 Å². The van der Waals surface area contributed by atoms with E-state index in [4.69, 9.17) is 57.8 Å². The average molecular weight is 802 g/mol. The van der Waals surface area contributed by atoms with E-state index >= 15 is 0 Å². The van der Waals surface area contributed by atoms with E-state index < -0.39 is 20.5 Å². The van der Waals surface area contributed by atoms with Crippen molar-refractivity contribution in [2.24, 2.45) is 0 Å². The Bertz CT molecular complexity index is 1900. The van der Waals surface area contributed by atoms with Gasteiger partial charge in [0.1, 0.15) is 0 Å². The van der Waals surface area contributed by atoms with Crippen molar-refractivity contribution in [1.82, 2.24) is 19.9 Å². The number of nitriles is 2. The Morgan fingerprint density at radius 1 is 0.396 bits per heavy atom. The first kappa shape index (κ1) is 45.8. The van der Waals surface area contributed by atoms with Crippen LogP contribution < -0.4 is 37.3 Å². The molecule has 0 spiro atoms. The quantitative estimate of drug-likeness (QED) is 0.192. The molecule has 0 radical (unpaired) electrons. The van der Waals surface area contributed by atoms with Crippen molar-refractivity contribution in [2.45, 2.75) is 13.8 Å². The van der Waals surface area contributed by atoms with Crippen molar-refractivity contribution < 1.29 is 74.2 Å². The van der Waals surface area contributed by atoms with Crippen molar-refractivity contribution in [2.75, 3.05) is 0 Å². The summed E-state index contributed by atoms with van der Waals surface area (Å²) in [6.07, 6.45) is 3.58. The summed E-state index contributed by atoms with van der Waals surface area (Å²) in [5, 5.41) is 14.6. The molecule has 0 aliphatic heterocycles. The van der Waals surface area contributed by atoms with Gasteiger partial charge in [0.05, 0.1) is 46.3 Å². The first-order valence-electron chi connectivity index (χ1n) is 14.5. The molecule has 0 bridgehead atoms. The maximum Gasteiger partial charge on any atom is 2.00 e. The number of hydrogen-bond donors (Lipinski definition) is 0. The van der Waals surface area contributed by atoms with Gasteiger partial charge in [-0.3, -0.25) is 9.97 Å². The number of nitrogens with zero attached hydrogens (tertiary/aromatic N) is 6. The molecule has 0 saturated carbocycles. The summed E-state index contributed by atoms with van der Waals surface area (Å²) in [6, 6.07) is 44.2. The maximum atomic E-state index is 8.49. The molecule has 0 atom stereocenters. The van der Waals surface area contributed by atoms with Crippen LogP contribution in [0.4, 0.5) is 0 Å². The van der Waals surface area contributed by atoms with Gasteiger partial charge in [0.2, 0.25) is 0 Å². The van der Waals surface area contributed by atoms with Crippen LogP contribution in [-0.4, -0.2) is 19.9 Å². The molecule has 6 aromatic rings. The van der Waals surface area contributed by atoms with Gasteiger partial charge in [-0.05, 0) is 59.7 Å². The molecule has 0 aliphatic rings. The van der Waals surface area contributed by atoms with Gasteiger partial charge in [0.25, 0.3) is 0 Å². The van der Waals surface area contributed by atoms with Crippen LogP contribution in [0.25, 0.3) is 56.4 Å². The second-order valence-electron chi connectivity index (χ2n) is 9.54. The van der Waals surface area contributed by atoms with Gasteiger partial charge >= 0.3 is 16.5 Å². The zero-order valence-electron chi connectivity index (χ0n) is 27.7. The summed E-state index contributed by atoms with van der Waals surface area (Å²) in [5.74, 6) is 0. The third-order valence-electron chi connectivity index (χ3n) is 6.05. The topological polar surface area (TPSA) is 284 Å². The minimum atomic E-state index is -4.94. The van der Waals surface area contributed by atoms with E-state index in [0.717, 1.165) is 56.4 Å². The molecule has 274 valence electrons. The van der Waals surface area contributed by atoms with Gasteiger partial charge in [-0.25, -0.2) is 47.2 Å². The molecule has 6 rings (SSSR count). The van der Waals surface area contributed by atoms with Gasteiger partial charge < -0.3 is 0 Å². The van der Waals surface area contributed by atoms with Gasteiger partial charge in [-0.2, -0.15) is 10.5 Å². The molecule has 17 heteroatoms. The fourth-order valence-corrected chi connectivity index (χ4v) is 4.37. The molecule has 0 saturated heterocycles. The van der Waals surface area contributed by atoms with Gasteiger partial charge in [-0.1, -0.05) is 72.8 Å². The number of halogens is 2. The molecule has 53 heavy (non-hydrogen) atoms. The Balaban J connectivity index is 0.000000704. The summed E-state index contributed by atoms with van der Waals surface area (Å²) in [4.78, 5) is 18.9. The van der Waals surface area contributed by atoms with E-state index in [1.165, 1.54) is 13.8 Å². The van der Waals surface area contributed by atoms with Crippen LogP contribution >= 0.6 is 0 Å². The number of rotatable bonds is 5. The maximum absolute atomic E-state index is 8.49. The van der Waals surface area contributed by atoms with E-state index in [0.29, 0.717) is 0 Å². The molecule has 0 fully saturated rings. The fourth-order valence-electron chi connectivity index (χ4n) is 4.37. The zero-order chi connectivity index (χ0) is 38.6. The molecule has 0 amide bonds. The Labute approximate surface area is 319 Å². The third-order valence-corrected chi connectivity index (χ3v) is 6.05. The smallest absolute Gasteiger partial charge is 0.255 e. The summed E-state index contributed by atoms with van der Waals surface area (Å²) in [7, 11) is -9.89. The normalized spacial score (nSPS) is 9.89. The monoisotopic (exact) mass is 800 g/mol. The molecular formula is C36H28Cl2N6NiO8. The van der Waals surface area contributed by atoms with Crippen LogP contribution in [0.3, 0.4) is 0 Å². The first-order chi connectivity index (χ1) is 24.7. The summed E-state index contributed by atoms with van der Waals surface area (Å²) < 4.78 is 67.9. The summed E-state index contributed by atoms with van der Waals surface area (Å²) in [5.41, 5.74) is 9.53. The number of aromatic nitrogens is 4.